The molecule has 0 bridgehead atoms. The maximum absolute atomic E-state index is 7.37. The van der Waals surface area contributed by atoms with Crippen LogP contribution in [0.5, 0.6) is 0 Å². The van der Waals surface area contributed by atoms with Gasteiger partial charge in [-0.1, -0.05) is 101 Å². The first-order valence-electron chi connectivity index (χ1n) is 10.5. The Balaban J connectivity index is 0.000000309. The van der Waals surface area contributed by atoms with Gasteiger partial charge in [-0.2, -0.15) is 0 Å². The predicted octanol–water partition coefficient (Wildman–Crippen LogP) is 11.1. The lowest BCUT2D eigenvalue weighted by Gasteiger charge is -2.09. The highest BCUT2D eigenvalue weighted by molar-refractivity contribution is 6.36. The van der Waals surface area contributed by atoms with Crippen molar-refractivity contribution in [2.75, 3.05) is 0 Å². The molecule has 2 aromatic carbocycles. The monoisotopic (exact) mass is 624 g/mol. The first-order chi connectivity index (χ1) is 17.7. The first-order valence-corrected chi connectivity index (χ1v) is 12.7. The van der Waals surface area contributed by atoms with Crippen LogP contribution in [-0.4, -0.2) is 9.97 Å². The number of hydrogen-bond acceptors (Lipinski definition) is 2. The van der Waals surface area contributed by atoms with Crippen molar-refractivity contribution >= 4 is 69.6 Å². The maximum atomic E-state index is 7.37. The fourth-order valence-electron chi connectivity index (χ4n) is 2.91. The second kappa shape index (κ2) is 17.1. The van der Waals surface area contributed by atoms with E-state index in [4.69, 9.17) is 82.7 Å². The van der Waals surface area contributed by atoms with Gasteiger partial charge in [-0.25, -0.2) is 23.1 Å². The van der Waals surface area contributed by atoms with Crippen LogP contribution < -0.4 is 0 Å². The Morgan fingerprint density at radius 3 is 1.58 bits per heavy atom. The molecule has 4 aromatic rings. The van der Waals surface area contributed by atoms with Gasteiger partial charge in [0.1, 0.15) is 16.0 Å². The molecule has 4 rings (SSSR count). The third kappa shape index (κ3) is 10.3. The Labute approximate surface area is 253 Å². The van der Waals surface area contributed by atoms with Gasteiger partial charge >= 0.3 is 0 Å². The number of rotatable bonds is 3. The molecule has 0 aliphatic carbocycles. The van der Waals surface area contributed by atoms with Gasteiger partial charge in [0.15, 0.2) is 0 Å². The van der Waals surface area contributed by atoms with Gasteiger partial charge in [0, 0.05) is 5.69 Å². The molecule has 0 saturated carbocycles. The van der Waals surface area contributed by atoms with E-state index in [0.717, 1.165) is 5.69 Å². The van der Waals surface area contributed by atoms with E-state index in [2.05, 4.69) is 19.7 Å². The molecule has 2 heterocycles. The number of aromatic nitrogens is 2. The van der Waals surface area contributed by atoms with Crippen LogP contribution in [0.25, 0.3) is 9.69 Å². The Kier molecular flexibility index (Phi) is 15.1. The van der Waals surface area contributed by atoms with Gasteiger partial charge in [0.2, 0.25) is 6.54 Å². The molecule has 38 heavy (non-hydrogen) atoms. The van der Waals surface area contributed by atoms with Crippen molar-refractivity contribution in [3.05, 3.63) is 149 Å². The predicted molar refractivity (Wildman–Crippen MR) is 162 cm³/mol. The van der Waals surface area contributed by atoms with E-state index >= 15 is 0 Å². The van der Waals surface area contributed by atoms with E-state index in [1.54, 1.807) is 54.6 Å². The van der Waals surface area contributed by atoms with Crippen LogP contribution in [0.4, 0.5) is 0 Å². The van der Waals surface area contributed by atoms with E-state index in [1.807, 2.05) is 25.1 Å². The SMILES string of the molecule is C.Clc1cccc(Cl)n1.[C-]#[N+]C(c1cccc(C)n1)c1c(Cl)cccc1Cl.[C-]#[N+]Cc1c(Cl)cccc1Cl. The molecule has 4 nitrogen and oxygen atoms in total. The van der Waals surface area contributed by atoms with Crippen LogP contribution in [0.3, 0.4) is 0 Å². The van der Waals surface area contributed by atoms with E-state index in [0.29, 0.717) is 47.2 Å². The number of hydrogen-bond donors (Lipinski definition) is 0. The van der Waals surface area contributed by atoms with E-state index in [9.17, 15) is 0 Å². The summed E-state index contributed by atoms with van der Waals surface area (Å²) in [4.78, 5) is 14.9. The highest BCUT2D eigenvalue weighted by atomic mass is 35.5. The van der Waals surface area contributed by atoms with Crippen molar-refractivity contribution in [1.82, 2.24) is 9.97 Å². The zero-order valence-corrected chi connectivity index (χ0v) is 23.8. The van der Waals surface area contributed by atoms with Crippen molar-refractivity contribution < 1.29 is 0 Å². The molecule has 0 N–H and O–H groups in total. The van der Waals surface area contributed by atoms with Gasteiger partial charge < -0.3 is 9.69 Å². The Bertz CT molecular complexity index is 1370. The van der Waals surface area contributed by atoms with Gasteiger partial charge in [-0.15, -0.1) is 0 Å². The molecule has 2 aromatic heterocycles. The lowest BCUT2D eigenvalue weighted by Crippen LogP contribution is -2.01. The van der Waals surface area contributed by atoms with E-state index < -0.39 is 6.04 Å². The molecule has 0 amide bonds. The summed E-state index contributed by atoms with van der Waals surface area (Å²) in [7, 11) is 0. The number of pyridine rings is 2. The molecular formula is C28H22Cl6N4. The van der Waals surface area contributed by atoms with Gasteiger partial charge in [0.25, 0.3) is 6.04 Å². The lowest BCUT2D eigenvalue weighted by atomic mass is 10.0. The molecule has 1 atom stereocenters. The molecule has 10 heteroatoms. The highest BCUT2D eigenvalue weighted by Gasteiger charge is 2.25. The number of halogens is 6. The van der Waals surface area contributed by atoms with Gasteiger partial charge in [-0.3, -0.25) is 0 Å². The molecule has 196 valence electrons. The fraction of sp³-hybridized carbons (Fsp3) is 0.143. The summed E-state index contributed by atoms with van der Waals surface area (Å²) in [5, 5.41) is 2.97. The maximum Gasteiger partial charge on any atom is 0.293 e. The molecule has 0 saturated heterocycles. The number of benzene rings is 2. The van der Waals surface area contributed by atoms with Crippen molar-refractivity contribution in [3.8, 4) is 0 Å². The van der Waals surface area contributed by atoms with Crippen LogP contribution in [-0.2, 0) is 6.54 Å². The summed E-state index contributed by atoms with van der Waals surface area (Å²) in [5.41, 5.74) is 2.86. The van der Waals surface area contributed by atoms with Crippen molar-refractivity contribution in [2.45, 2.75) is 26.9 Å². The first kappa shape index (κ1) is 33.5. The summed E-state index contributed by atoms with van der Waals surface area (Å²) < 4.78 is 0. The molecule has 0 spiro atoms. The smallest absolute Gasteiger partial charge is 0.293 e. The topological polar surface area (TPSA) is 34.5 Å². The van der Waals surface area contributed by atoms with Crippen molar-refractivity contribution in [1.29, 1.82) is 0 Å². The molecule has 0 fully saturated rings. The molecule has 0 aliphatic rings. The molecule has 1 unspecified atom stereocenters. The average molecular weight is 627 g/mol. The largest absolute Gasteiger partial charge is 0.312 e. The third-order valence-electron chi connectivity index (χ3n) is 4.57. The minimum absolute atomic E-state index is 0. The van der Waals surface area contributed by atoms with Crippen LogP contribution >= 0.6 is 69.6 Å². The van der Waals surface area contributed by atoms with Crippen molar-refractivity contribution in [3.63, 3.8) is 0 Å². The summed E-state index contributed by atoms with van der Waals surface area (Å²) in [6.07, 6.45) is 0. The Morgan fingerprint density at radius 2 is 1.16 bits per heavy atom. The molecule has 0 aliphatic heterocycles. The Morgan fingerprint density at radius 1 is 0.684 bits per heavy atom. The second-order valence-corrected chi connectivity index (χ2v) is 9.57. The minimum Gasteiger partial charge on any atom is -0.312 e. The molecular weight excluding hydrogens is 605 g/mol. The minimum atomic E-state index is -0.564. The fourth-order valence-corrected chi connectivity index (χ4v) is 4.40. The van der Waals surface area contributed by atoms with Crippen LogP contribution in [0, 0.1) is 20.1 Å². The number of aryl methyl sites for hydroxylation is 1. The lowest BCUT2D eigenvalue weighted by molar-refractivity contribution is 0.933. The van der Waals surface area contributed by atoms with E-state index in [1.165, 1.54) is 0 Å². The average Bonchev–Trinajstić information content (AvgIpc) is 2.85. The van der Waals surface area contributed by atoms with Crippen LogP contribution in [0.15, 0.2) is 72.8 Å². The third-order valence-corrected chi connectivity index (χ3v) is 6.36. The Hall–Kier alpha value is -2.54. The summed E-state index contributed by atoms with van der Waals surface area (Å²) in [6, 6.07) is 20.6. The van der Waals surface area contributed by atoms with E-state index in [-0.39, 0.29) is 14.0 Å². The van der Waals surface area contributed by atoms with Gasteiger partial charge in [0.05, 0.1) is 31.2 Å². The normalized spacial score (nSPS) is 10.2. The number of nitrogens with zero attached hydrogens (tertiary/aromatic N) is 4. The summed E-state index contributed by atoms with van der Waals surface area (Å²) in [6.45, 7) is 16.1. The quantitative estimate of drug-likeness (QED) is 0.167. The summed E-state index contributed by atoms with van der Waals surface area (Å²) in [5.74, 6) is 0. The van der Waals surface area contributed by atoms with Crippen LogP contribution in [0.1, 0.15) is 36.0 Å². The zero-order chi connectivity index (χ0) is 27.4. The van der Waals surface area contributed by atoms with Gasteiger partial charge in [-0.05, 0) is 55.5 Å². The second-order valence-electron chi connectivity index (χ2n) is 7.17. The zero-order valence-electron chi connectivity index (χ0n) is 19.3. The van der Waals surface area contributed by atoms with Crippen molar-refractivity contribution in [2.24, 2.45) is 0 Å². The van der Waals surface area contributed by atoms with Crippen LogP contribution in [0.2, 0.25) is 30.4 Å². The molecule has 0 radical (unpaired) electrons. The summed E-state index contributed by atoms with van der Waals surface area (Å²) >= 11 is 34.7. The highest BCUT2D eigenvalue weighted by Crippen LogP contribution is 2.35. The standard InChI is InChI=1S/C14H10Cl2N2.C8H5Cl2N.C5H3Cl2N.CH4/c1-9-5-3-8-12(18-9)14(17-2)13-10(15)6-4-7-11(13)16;1-11-5-6-7(9)3-2-4-8(6)10;6-4-2-1-3-5(7)8-4;/h3-8,14H,1H3;2-4H,5H2;1-3H;1H4.